The van der Waals surface area contributed by atoms with Gasteiger partial charge in [-0.3, -0.25) is 0 Å². The van der Waals surface area contributed by atoms with Crippen molar-refractivity contribution in [3.05, 3.63) is 14.7 Å². The molecule has 7 heteroatoms. The molecule has 2 rings (SSSR count). The fourth-order valence-corrected chi connectivity index (χ4v) is 6.01. The summed E-state index contributed by atoms with van der Waals surface area (Å²) in [6, 6.07) is 1.81. The van der Waals surface area contributed by atoms with Crippen LogP contribution in [0.5, 0.6) is 0 Å². The Labute approximate surface area is 121 Å². The molecule has 1 aromatic heterocycles. The molecule has 1 fully saturated rings. The molecule has 0 amide bonds. The molecular formula is C11H17BrN2O2S2. The van der Waals surface area contributed by atoms with Gasteiger partial charge in [0, 0.05) is 18.0 Å². The number of aryl methyl sites for hydroxylation is 1. The molecule has 0 atom stereocenters. The molecule has 0 aliphatic carbocycles. The first-order valence-electron chi connectivity index (χ1n) is 5.87. The summed E-state index contributed by atoms with van der Waals surface area (Å²) in [5.41, 5.74) is 0. The van der Waals surface area contributed by atoms with Gasteiger partial charge in [0.2, 0.25) is 10.0 Å². The minimum atomic E-state index is -3.36. The van der Waals surface area contributed by atoms with Crippen LogP contribution in [0.2, 0.25) is 0 Å². The summed E-state index contributed by atoms with van der Waals surface area (Å²) in [7, 11) is -1.67. The number of rotatable bonds is 3. The molecule has 1 saturated heterocycles. The Morgan fingerprint density at radius 3 is 2.56 bits per heavy atom. The summed E-state index contributed by atoms with van der Waals surface area (Å²) in [6.07, 6.45) is 1.75. The molecule has 2 heterocycles. The van der Waals surface area contributed by atoms with Crippen LogP contribution in [0.25, 0.3) is 0 Å². The third-order valence-corrected chi connectivity index (χ3v) is 7.04. The number of piperidine rings is 1. The van der Waals surface area contributed by atoms with Gasteiger partial charge in [0.1, 0.15) is 0 Å². The predicted octanol–water partition coefficient (Wildman–Crippen LogP) is 2.19. The highest BCUT2D eigenvalue weighted by Gasteiger charge is 2.30. The van der Waals surface area contributed by atoms with Crippen LogP contribution in [-0.4, -0.2) is 38.9 Å². The van der Waals surface area contributed by atoms with Gasteiger partial charge >= 0.3 is 0 Å². The fraction of sp³-hybridized carbons (Fsp3) is 0.636. The minimum absolute atomic E-state index is 0.106. The second-order valence-electron chi connectivity index (χ2n) is 4.47. The van der Waals surface area contributed by atoms with E-state index in [1.54, 1.807) is 13.1 Å². The lowest BCUT2D eigenvalue weighted by Crippen LogP contribution is -2.43. The van der Waals surface area contributed by atoms with E-state index in [4.69, 9.17) is 0 Å². The number of hydrogen-bond acceptors (Lipinski definition) is 4. The van der Waals surface area contributed by atoms with Crippen LogP contribution in [0, 0.1) is 6.92 Å². The number of thiophene rings is 1. The monoisotopic (exact) mass is 352 g/mol. The van der Waals surface area contributed by atoms with Gasteiger partial charge in [-0.1, -0.05) is 0 Å². The molecule has 0 aromatic carbocycles. The summed E-state index contributed by atoms with van der Waals surface area (Å²) < 4.78 is 27.5. The highest BCUT2D eigenvalue weighted by atomic mass is 79.9. The molecule has 0 unspecified atom stereocenters. The highest BCUT2D eigenvalue weighted by molar-refractivity contribution is 9.11. The molecule has 1 N–H and O–H groups in total. The fourth-order valence-electron chi connectivity index (χ4n) is 2.21. The quantitative estimate of drug-likeness (QED) is 0.906. The van der Waals surface area contributed by atoms with E-state index in [0.717, 1.165) is 34.6 Å². The van der Waals surface area contributed by atoms with E-state index in [0.29, 0.717) is 4.90 Å². The largest absolute Gasteiger partial charge is 0.317 e. The Kier molecular flexibility index (Phi) is 4.48. The van der Waals surface area contributed by atoms with Gasteiger partial charge in [-0.15, -0.1) is 11.3 Å². The highest BCUT2D eigenvalue weighted by Crippen LogP contribution is 2.32. The molecular weight excluding hydrogens is 336 g/mol. The number of hydrogen-bond donors (Lipinski definition) is 1. The van der Waals surface area contributed by atoms with Crippen molar-refractivity contribution < 1.29 is 8.42 Å². The molecule has 0 radical (unpaired) electrons. The average Bonchev–Trinajstić information content (AvgIpc) is 2.69. The summed E-state index contributed by atoms with van der Waals surface area (Å²) in [6.45, 7) is 3.62. The summed E-state index contributed by atoms with van der Waals surface area (Å²) in [4.78, 5) is 1.27. The first-order chi connectivity index (χ1) is 8.43. The van der Waals surface area contributed by atoms with Crippen LogP contribution in [0.1, 0.15) is 17.7 Å². The molecule has 4 nitrogen and oxygen atoms in total. The van der Waals surface area contributed by atoms with Gasteiger partial charge in [0.15, 0.2) is 0 Å². The Morgan fingerprint density at radius 1 is 1.44 bits per heavy atom. The van der Waals surface area contributed by atoms with Crippen LogP contribution in [0.3, 0.4) is 0 Å². The number of nitrogens with zero attached hydrogens (tertiary/aromatic N) is 1. The first kappa shape index (κ1) is 14.5. The van der Waals surface area contributed by atoms with Crippen molar-refractivity contribution in [1.29, 1.82) is 0 Å². The Morgan fingerprint density at radius 2 is 2.06 bits per heavy atom. The molecule has 1 aromatic rings. The van der Waals surface area contributed by atoms with E-state index < -0.39 is 10.0 Å². The predicted molar refractivity (Wildman–Crippen MR) is 77.6 cm³/mol. The molecule has 0 bridgehead atoms. The zero-order chi connectivity index (χ0) is 13.3. The number of halogens is 1. The van der Waals surface area contributed by atoms with Crippen molar-refractivity contribution in [3.63, 3.8) is 0 Å². The third kappa shape index (κ3) is 2.80. The standard InChI is InChI=1S/C11H17BrN2O2S2/c1-8-10(7-11(12)17-8)18(15,16)14(2)9-3-5-13-6-4-9/h7,9,13H,3-6H2,1-2H3. The van der Waals surface area contributed by atoms with Gasteiger partial charge in [-0.25, -0.2) is 8.42 Å². The average molecular weight is 353 g/mol. The molecule has 102 valence electrons. The van der Waals surface area contributed by atoms with Crippen molar-refractivity contribution in [2.45, 2.75) is 30.7 Å². The maximum Gasteiger partial charge on any atom is 0.244 e. The molecule has 18 heavy (non-hydrogen) atoms. The topological polar surface area (TPSA) is 49.4 Å². The molecule has 1 aliphatic heterocycles. The van der Waals surface area contributed by atoms with E-state index >= 15 is 0 Å². The smallest absolute Gasteiger partial charge is 0.244 e. The van der Waals surface area contributed by atoms with Gasteiger partial charge in [-0.05, 0) is 54.9 Å². The Balaban J connectivity index is 2.27. The van der Waals surface area contributed by atoms with Crippen LogP contribution >= 0.6 is 27.3 Å². The lowest BCUT2D eigenvalue weighted by molar-refractivity contribution is 0.296. The van der Waals surface area contributed by atoms with E-state index in [9.17, 15) is 8.42 Å². The Bertz CT molecular complexity index is 521. The maximum absolute atomic E-state index is 12.6. The normalized spacial score (nSPS) is 18.4. The maximum atomic E-state index is 12.6. The van der Waals surface area contributed by atoms with Gasteiger partial charge in [0.05, 0.1) is 8.68 Å². The Hall–Kier alpha value is 0.0500. The SMILES string of the molecule is Cc1sc(Br)cc1S(=O)(=O)N(C)C1CCNCC1. The first-order valence-corrected chi connectivity index (χ1v) is 8.92. The second-order valence-corrected chi connectivity index (χ2v) is 9.07. The van der Waals surface area contributed by atoms with E-state index in [-0.39, 0.29) is 6.04 Å². The second kappa shape index (κ2) is 5.58. The van der Waals surface area contributed by atoms with Crippen LogP contribution < -0.4 is 5.32 Å². The zero-order valence-corrected chi connectivity index (χ0v) is 13.7. The van der Waals surface area contributed by atoms with Crippen molar-refractivity contribution in [1.82, 2.24) is 9.62 Å². The molecule has 1 aliphatic rings. The minimum Gasteiger partial charge on any atom is -0.317 e. The summed E-state index contributed by atoms with van der Waals surface area (Å²) >= 11 is 4.80. The van der Waals surface area contributed by atoms with E-state index in [1.807, 2.05) is 6.92 Å². The number of nitrogens with one attached hydrogen (secondary N) is 1. The lowest BCUT2D eigenvalue weighted by atomic mass is 10.1. The van der Waals surface area contributed by atoms with E-state index in [2.05, 4.69) is 21.2 Å². The lowest BCUT2D eigenvalue weighted by Gasteiger charge is -2.30. The number of sulfonamides is 1. The summed E-state index contributed by atoms with van der Waals surface area (Å²) in [5.74, 6) is 0. The third-order valence-electron chi connectivity index (χ3n) is 3.32. The van der Waals surface area contributed by atoms with Crippen molar-refractivity contribution >= 4 is 37.3 Å². The van der Waals surface area contributed by atoms with Crippen molar-refractivity contribution in [3.8, 4) is 0 Å². The van der Waals surface area contributed by atoms with Gasteiger partial charge in [-0.2, -0.15) is 4.31 Å². The van der Waals surface area contributed by atoms with Gasteiger partial charge in [0.25, 0.3) is 0 Å². The van der Waals surface area contributed by atoms with Crippen molar-refractivity contribution in [2.75, 3.05) is 20.1 Å². The van der Waals surface area contributed by atoms with Crippen LogP contribution in [-0.2, 0) is 10.0 Å². The van der Waals surface area contributed by atoms with Crippen LogP contribution in [0.15, 0.2) is 14.7 Å². The zero-order valence-electron chi connectivity index (χ0n) is 10.4. The summed E-state index contributed by atoms with van der Waals surface area (Å²) in [5, 5.41) is 3.25. The van der Waals surface area contributed by atoms with E-state index in [1.165, 1.54) is 15.6 Å². The molecule has 0 spiro atoms. The van der Waals surface area contributed by atoms with Gasteiger partial charge < -0.3 is 5.32 Å². The van der Waals surface area contributed by atoms with Crippen molar-refractivity contribution in [2.24, 2.45) is 0 Å². The molecule has 0 saturated carbocycles. The van der Waals surface area contributed by atoms with Crippen LogP contribution in [0.4, 0.5) is 0 Å².